The Morgan fingerprint density at radius 2 is 1.81 bits per heavy atom. The molecule has 4 heteroatoms. The molecular weight excluding hydrogens is 326 g/mol. The SMILES string of the molecule is NCc1c(Br)cccc1N1CCC(CN2CCCC2)CC1. The van der Waals surface area contributed by atoms with E-state index in [1.807, 2.05) is 0 Å². The second kappa shape index (κ2) is 7.12. The highest BCUT2D eigenvalue weighted by molar-refractivity contribution is 9.10. The predicted molar refractivity (Wildman–Crippen MR) is 92.6 cm³/mol. The molecule has 0 saturated carbocycles. The quantitative estimate of drug-likeness (QED) is 0.903. The van der Waals surface area contributed by atoms with E-state index in [1.165, 1.54) is 69.7 Å². The van der Waals surface area contributed by atoms with Crippen LogP contribution in [0.2, 0.25) is 0 Å². The van der Waals surface area contributed by atoms with E-state index in [1.54, 1.807) is 0 Å². The second-order valence-corrected chi connectivity index (χ2v) is 7.23. The number of hydrogen-bond acceptors (Lipinski definition) is 3. The zero-order valence-electron chi connectivity index (χ0n) is 12.7. The van der Waals surface area contributed by atoms with Gasteiger partial charge in [-0.1, -0.05) is 22.0 Å². The molecule has 2 saturated heterocycles. The summed E-state index contributed by atoms with van der Waals surface area (Å²) in [5.41, 5.74) is 8.50. The molecule has 1 aromatic carbocycles. The third-order valence-electron chi connectivity index (χ3n) is 4.97. The molecular formula is C17H26BrN3. The second-order valence-electron chi connectivity index (χ2n) is 6.38. The van der Waals surface area contributed by atoms with Gasteiger partial charge in [-0.25, -0.2) is 0 Å². The van der Waals surface area contributed by atoms with Crippen LogP contribution in [-0.4, -0.2) is 37.6 Å². The highest BCUT2D eigenvalue weighted by Gasteiger charge is 2.24. The van der Waals surface area contributed by atoms with Crippen LogP contribution in [0.15, 0.2) is 22.7 Å². The number of nitrogens with zero attached hydrogens (tertiary/aromatic N) is 2. The van der Waals surface area contributed by atoms with Gasteiger partial charge in [-0.3, -0.25) is 0 Å². The minimum Gasteiger partial charge on any atom is -0.371 e. The Morgan fingerprint density at radius 3 is 2.48 bits per heavy atom. The van der Waals surface area contributed by atoms with Crippen LogP contribution in [0.4, 0.5) is 5.69 Å². The summed E-state index contributed by atoms with van der Waals surface area (Å²) in [4.78, 5) is 5.18. The molecule has 2 N–H and O–H groups in total. The number of rotatable bonds is 4. The monoisotopic (exact) mass is 351 g/mol. The van der Waals surface area contributed by atoms with E-state index in [0.29, 0.717) is 6.54 Å². The van der Waals surface area contributed by atoms with Gasteiger partial charge >= 0.3 is 0 Å². The number of nitrogens with two attached hydrogens (primary N) is 1. The first-order chi connectivity index (χ1) is 10.3. The summed E-state index contributed by atoms with van der Waals surface area (Å²) in [5.74, 6) is 0.882. The van der Waals surface area contributed by atoms with Crippen molar-refractivity contribution in [3.63, 3.8) is 0 Å². The molecule has 0 unspecified atom stereocenters. The fourth-order valence-corrected chi connectivity index (χ4v) is 4.25. The molecule has 2 aliphatic heterocycles. The van der Waals surface area contributed by atoms with Crippen molar-refractivity contribution in [2.45, 2.75) is 32.2 Å². The maximum Gasteiger partial charge on any atom is 0.0423 e. The van der Waals surface area contributed by atoms with Crippen LogP contribution in [-0.2, 0) is 6.54 Å². The third kappa shape index (κ3) is 3.61. The summed E-state index contributed by atoms with van der Waals surface area (Å²) < 4.78 is 1.14. The van der Waals surface area contributed by atoms with E-state index in [0.717, 1.165) is 10.4 Å². The molecule has 0 spiro atoms. The molecule has 1 aromatic rings. The lowest BCUT2D eigenvalue weighted by Gasteiger charge is -2.36. The summed E-state index contributed by atoms with van der Waals surface area (Å²) in [6.45, 7) is 6.90. The van der Waals surface area contributed by atoms with Crippen LogP contribution in [0, 0.1) is 5.92 Å². The molecule has 0 aliphatic carbocycles. The lowest BCUT2D eigenvalue weighted by molar-refractivity contribution is 0.249. The zero-order valence-corrected chi connectivity index (χ0v) is 14.3. The lowest BCUT2D eigenvalue weighted by atomic mass is 9.95. The van der Waals surface area contributed by atoms with Crippen molar-refractivity contribution in [3.8, 4) is 0 Å². The number of hydrogen-bond donors (Lipinski definition) is 1. The molecule has 116 valence electrons. The number of piperidine rings is 1. The molecule has 0 bridgehead atoms. The Balaban J connectivity index is 1.59. The van der Waals surface area contributed by atoms with Crippen molar-refractivity contribution < 1.29 is 0 Å². The first-order valence-electron chi connectivity index (χ1n) is 8.22. The number of benzene rings is 1. The van der Waals surface area contributed by atoms with Gasteiger partial charge in [-0.15, -0.1) is 0 Å². The van der Waals surface area contributed by atoms with E-state index in [2.05, 4.69) is 43.9 Å². The summed E-state index contributed by atoms with van der Waals surface area (Å²) in [5, 5.41) is 0. The molecule has 2 fully saturated rings. The molecule has 0 atom stereocenters. The van der Waals surface area contributed by atoms with Crippen molar-refractivity contribution in [2.75, 3.05) is 37.6 Å². The third-order valence-corrected chi connectivity index (χ3v) is 5.71. The van der Waals surface area contributed by atoms with Gasteiger partial charge in [-0.05, 0) is 56.8 Å². The van der Waals surface area contributed by atoms with Gasteiger partial charge in [0.2, 0.25) is 0 Å². The van der Waals surface area contributed by atoms with E-state index in [-0.39, 0.29) is 0 Å². The Kier molecular flexibility index (Phi) is 5.19. The summed E-state index contributed by atoms with van der Waals surface area (Å²) in [6, 6.07) is 6.43. The molecule has 2 aliphatic rings. The smallest absolute Gasteiger partial charge is 0.0423 e. The minimum absolute atomic E-state index is 0.602. The fraction of sp³-hybridized carbons (Fsp3) is 0.647. The van der Waals surface area contributed by atoms with Crippen LogP contribution in [0.1, 0.15) is 31.2 Å². The Hall–Kier alpha value is -0.580. The van der Waals surface area contributed by atoms with Gasteiger partial charge < -0.3 is 15.5 Å². The molecule has 3 nitrogen and oxygen atoms in total. The zero-order chi connectivity index (χ0) is 14.7. The maximum atomic E-state index is 5.93. The Morgan fingerprint density at radius 1 is 1.10 bits per heavy atom. The average Bonchev–Trinajstić information content (AvgIpc) is 3.01. The number of halogens is 1. The van der Waals surface area contributed by atoms with Crippen molar-refractivity contribution >= 4 is 21.6 Å². The Bertz CT molecular complexity index is 463. The van der Waals surface area contributed by atoms with Crippen LogP contribution in [0.5, 0.6) is 0 Å². The van der Waals surface area contributed by atoms with Crippen LogP contribution >= 0.6 is 15.9 Å². The van der Waals surface area contributed by atoms with E-state index >= 15 is 0 Å². The lowest BCUT2D eigenvalue weighted by Crippen LogP contribution is -2.38. The average molecular weight is 352 g/mol. The van der Waals surface area contributed by atoms with Crippen LogP contribution < -0.4 is 10.6 Å². The first kappa shape index (κ1) is 15.3. The molecule has 0 aromatic heterocycles. The molecule has 0 amide bonds. The van der Waals surface area contributed by atoms with E-state index < -0.39 is 0 Å². The summed E-state index contributed by atoms with van der Waals surface area (Å²) in [7, 11) is 0. The van der Waals surface area contributed by atoms with Crippen molar-refractivity contribution in [1.82, 2.24) is 4.90 Å². The molecule has 3 rings (SSSR count). The standard InChI is InChI=1S/C17H26BrN3/c18-16-4-3-5-17(15(16)12-19)21-10-6-14(7-11-21)13-20-8-1-2-9-20/h3-5,14H,1-2,6-13,19H2. The van der Waals surface area contributed by atoms with Crippen LogP contribution in [0.3, 0.4) is 0 Å². The van der Waals surface area contributed by atoms with Gasteiger partial charge in [0.25, 0.3) is 0 Å². The van der Waals surface area contributed by atoms with Crippen molar-refractivity contribution in [2.24, 2.45) is 11.7 Å². The molecule has 0 radical (unpaired) electrons. The van der Waals surface area contributed by atoms with Crippen molar-refractivity contribution in [3.05, 3.63) is 28.2 Å². The first-order valence-corrected chi connectivity index (χ1v) is 9.02. The van der Waals surface area contributed by atoms with E-state index in [4.69, 9.17) is 5.73 Å². The van der Waals surface area contributed by atoms with Gasteiger partial charge in [0.15, 0.2) is 0 Å². The Labute approximate surface area is 136 Å². The number of likely N-dealkylation sites (tertiary alicyclic amines) is 1. The maximum absolute atomic E-state index is 5.93. The summed E-state index contributed by atoms with van der Waals surface area (Å²) in [6.07, 6.45) is 5.42. The largest absolute Gasteiger partial charge is 0.371 e. The highest BCUT2D eigenvalue weighted by atomic mass is 79.9. The van der Waals surface area contributed by atoms with Gasteiger partial charge in [0.1, 0.15) is 0 Å². The molecule has 21 heavy (non-hydrogen) atoms. The van der Waals surface area contributed by atoms with Gasteiger partial charge in [-0.2, -0.15) is 0 Å². The molecule has 2 heterocycles. The normalized spacial score (nSPS) is 21.1. The highest BCUT2D eigenvalue weighted by Crippen LogP contribution is 2.31. The van der Waals surface area contributed by atoms with Gasteiger partial charge in [0, 0.05) is 41.9 Å². The van der Waals surface area contributed by atoms with Gasteiger partial charge in [0.05, 0.1) is 0 Å². The fourth-order valence-electron chi connectivity index (χ4n) is 3.73. The van der Waals surface area contributed by atoms with Crippen molar-refractivity contribution in [1.29, 1.82) is 0 Å². The predicted octanol–water partition coefficient (Wildman–Crippen LogP) is 3.22. The topological polar surface area (TPSA) is 32.5 Å². The number of anilines is 1. The van der Waals surface area contributed by atoms with E-state index in [9.17, 15) is 0 Å². The van der Waals surface area contributed by atoms with Crippen LogP contribution in [0.25, 0.3) is 0 Å². The minimum atomic E-state index is 0.602. The summed E-state index contributed by atoms with van der Waals surface area (Å²) >= 11 is 3.63.